The minimum Gasteiger partial charge on any atom is -0.489 e. The van der Waals surface area contributed by atoms with E-state index >= 15 is 0 Å². The number of piperidine rings is 1. The van der Waals surface area contributed by atoms with Gasteiger partial charge in [0, 0.05) is 29.8 Å². The summed E-state index contributed by atoms with van der Waals surface area (Å²) in [6, 6.07) is 4.46. The number of nitrogens with zero attached hydrogens (tertiary/aromatic N) is 2. The fourth-order valence-corrected chi connectivity index (χ4v) is 5.78. The van der Waals surface area contributed by atoms with Crippen LogP contribution in [0.4, 0.5) is 0 Å². The number of amides is 1. The molecule has 0 aliphatic carbocycles. The van der Waals surface area contributed by atoms with Crippen LogP contribution in [0.25, 0.3) is 5.76 Å². The lowest BCUT2D eigenvalue weighted by molar-refractivity contribution is -0.138. The fourth-order valence-electron chi connectivity index (χ4n) is 5.78. The summed E-state index contributed by atoms with van der Waals surface area (Å²) < 4.78 is 10.6. The van der Waals surface area contributed by atoms with Gasteiger partial charge in [0.05, 0.1) is 11.1 Å². The Bertz CT molecular complexity index is 987. The first-order valence-electron chi connectivity index (χ1n) is 11.2. The molecule has 4 heterocycles. The van der Waals surface area contributed by atoms with E-state index in [1.54, 1.807) is 0 Å². The van der Waals surface area contributed by atoms with E-state index in [9.17, 15) is 9.59 Å². The number of fused-ring (bicyclic) bond motifs is 1. The quantitative estimate of drug-likeness (QED) is 0.698. The number of esters is 1. The Hall–Kier alpha value is -2.60. The summed E-state index contributed by atoms with van der Waals surface area (Å²) >= 11 is 0. The molecule has 0 aromatic heterocycles. The Kier molecular flexibility index (Phi) is 4.93. The Morgan fingerprint density at radius 2 is 1.94 bits per heavy atom. The number of hydrogen-bond donors (Lipinski definition) is 0. The lowest BCUT2D eigenvalue weighted by Gasteiger charge is -2.38. The van der Waals surface area contributed by atoms with Crippen LogP contribution in [0.15, 0.2) is 30.5 Å². The average Bonchev–Trinajstić information content (AvgIpc) is 3.40. The van der Waals surface area contributed by atoms with Gasteiger partial charge in [-0.1, -0.05) is 18.7 Å². The molecular weight excluding hydrogens is 392 g/mol. The molecule has 2 saturated heterocycles. The summed E-state index contributed by atoms with van der Waals surface area (Å²) in [6.07, 6.45) is 5.10. The summed E-state index contributed by atoms with van der Waals surface area (Å²) in [5.74, 6) is 0.613. The molecule has 31 heavy (non-hydrogen) atoms. The molecule has 1 aromatic carbocycles. The van der Waals surface area contributed by atoms with E-state index in [1.807, 2.05) is 4.90 Å². The number of carbonyl (C=O) groups excluding carboxylic acids is 2. The van der Waals surface area contributed by atoms with Crippen LogP contribution in [-0.4, -0.2) is 54.0 Å². The number of hydrogen-bond acceptors (Lipinski definition) is 5. The zero-order chi connectivity index (χ0) is 21.8. The van der Waals surface area contributed by atoms with E-state index in [2.05, 4.69) is 37.5 Å². The first-order valence-corrected chi connectivity index (χ1v) is 11.2. The molecule has 1 aromatic rings. The van der Waals surface area contributed by atoms with E-state index in [1.165, 1.54) is 22.8 Å². The third kappa shape index (κ3) is 3.37. The monoisotopic (exact) mass is 422 g/mol. The van der Waals surface area contributed by atoms with Crippen molar-refractivity contribution < 1.29 is 19.1 Å². The van der Waals surface area contributed by atoms with E-state index in [-0.39, 0.29) is 29.9 Å². The van der Waals surface area contributed by atoms with Gasteiger partial charge >= 0.3 is 5.97 Å². The average molecular weight is 423 g/mol. The third-order valence-electron chi connectivity index (χ3n) is 7.67. The molecule has 6 nitrogen and oxygen atoms in total. The molecular formula is C25H30N2O4. The molecule has 1 amide bonds. The molecule has 0 unspecified atom stereocenters. The normalized spacial score (nSPS) is 25.1. The maximum atomic E-state index is 13.3. The second kappa shape index (κ2) is 7.52. The highest BCUT2D eigenvalue weighted by molar-refractivity contribution is 5.91. The van der Waals surface area contributed by atoms with E-state index in [0.29, 0.717) is 6.61 Å². The first kappa shape index (κ1) is 20.3. The minimum atomic E-state index is -0.344. The molecule has 1 spiro atoms. The molecule has 0 N–H and O–H groups in total. The Morgan fingerprint density at radius 3 is 2.65 bits per heavy atom. The van der Waals surface area contributed by atoms with Gasteiger partial charge in [0.15, 0.2) is 0 Å². The van der Waals surface area contributed by atoms with Crippen molar-refractivity contribution in [2.75, 3.05) is 26.2 Å². The van der Waals surface area contributed by atoms with Crippen molar-refractivity contribution in [3.63, 3.8) is 0 Å². The predicted octanol–water partition coefficient (Wildman–Crippen LogP) is 3.18. The highest BCUT2D eigenvalue weighted by atomic mass is 16.5. The van der Waals surface area contributed by atoms with Crippen LogP contribution in [0.3, 0.4) is 0 Å². The molecule has 6 heteroatoms. The topological polar surface area (TPSA) is 59.1 Å². The van der Waals surface area contributed by atoms with Crippen molar-refractivity contribution >= 4 is 17.6 Å². The summed E-state index contributed by atoms with van der Waals surface area (Å²) in [5.41, 5.74) is 5.54. The van der Waals surface area contributed by atoms with Crippen LogP contribution < -0.4 is 0 Å². The molecule has 0 radical (unpaired) electrons. The molecule has 1 atom stereocenters. The molecule has 4 aliphatic heterocycles. The number of carbonyl (C=O) groups is 2. The molecule has 2 fully saturated rings. The van der Waals surface area contributed by atoms with Gasteiger partial charge in [-0.3, -0.25) is 4.79 Å². The van der Waals surface area contributed by atoms with E-state index < -0.39 is 0 Å². The zero-order valence-corrected chi connectivity index (χ0v) is 18.4. The van der Waals surface area contributed by atoms with Gasteiger partial charge in [0.25, 0.3) is 0 Å². The zero-order valence-electron chi connectivity index (χ0n) is 18.4. The molecule has 0 saturated carbocycles. The second-order valence-corrected chi connectivity index (χ2v) is 9.43. The van der Waals surface area contributed by atoms with Crippen LogP contribution in [0.2, 0.25) is 0 Å². The van der Waals surface area contributed by atoms with Crippen molar-refractivity contribution in [2.24, 2.45) is 5.41 Å². The lowest BCUT2D eigenvalue weighted by atomic mass is 9.76. The fraction of sp³-hybridized carbons (Fsp3) is 0.520. The van der Waals surface area contributed by atoms with Crippen LogP contribution in [0.5, 0.6) is 0 Å². The maximum Gasteiger partial charge on any atom is 0.333 e. The number of benzene rings is 1. The Balaban J connectivity index is 1.21. The van der Waals surface area contributed by atoms with Gasteiger partial charge in [-0.15, -0.1) is 0 Å². The highest BCUT2D eigenvalue weighted by Crippen LogP contribution is 2.46. The summed E-state index contributed by atoms with van der Waals surface area (Å²) in [6.45, 7) is 12.0. The minimum absolute atomic E-state index is 0.117. The Morgan fingerprint density at radius 1 is 1.16 bits per heavy atom. The summed E-state index contributed by atoms with van der Waals surface area (Å²) in [4.78, 5) is 29.1. The van der Waals surface area contributed by atoms with Crippen LogP contribution in [-0.2, 0) is 32.1 Å². The number of cyclic esters (lactones) is 1. The van der Waals surface area contributed by atoms with Gasteiger partial charge < -0.3 is 19.3 Å². The van der Waals surface area contributed by atoms with Crippen LogP contribution in [0.1, 0.15) is 48.4 Å². The second-order valence-electron chi connectivity index (χ2n) is 9.43. The molecule has 5 rings (SSSR count). The van der Waals surface area contributed by atoms with Crippen molar-refractivity contribution in [3.8, 4) is 0 Å². The van der Waals surface area contributed by atoms with Gasteiger partial charge in [-0.05, 0) is 63.7 Å². The molecule has 164 valence electrons. The molecule has 4 aliphatic rings. The third-order valence-corrected chi connectivity index (χ3v) is 7.67. The van der Waals surface area contributed by atoms with Gasteiger partial charge in [-0.2, -0.15) is 0 Å². The highest BCUT2D eigenvalue weighted by Gasteiger charge is 2.52. The number of rotatable bonds is 4. The van der Waals surface area contributed by atoms with E-state index in [4.69, 9.17) is 9.47 Å². The van der Waals surface area contributed by atoms with Crippen molar-refractivity contribution in [1.82, 2.24) is 9.80 Å². The van der Waals surface area contributed by atoms with Crippen molar-refractivity contribution in [2.45, 2.75) is 52.2 Å². The van der Waals surface area contributed by atoms with Gasteiger partial charge in [0.2, 0.25) is 5.91 Å². The van der Waals surface area contributed by atoms with Crippen LogP contribution >= 0.6 is 0 Å². The Labute approximate surface area is 183 Å². The number of likely N-dealkylation sites (tertiary alicyclic amines) is 2. The summed E-state index contributed by atoms with van der Waals surface area (Å²) in [7, 11) is 0. The van der Waals surface area contributed by atoms with Gasteiger partial charge in [-0.25, -0.2) is 4.79 Å². The van der Waals surface area contributed by atoms with Crippen LogP contribution in [0, 0.1) is 12.3 Å². The van der Waals surface area contributed by atoms with E-state index in [0.717, 1.165) is 62.3 Å². The largest absolute Gasteiger partial charge is 0.489 e. The smallest absolute Gasteiger partial charge is 0.333 e. The standard InChI is InChI=1S/C25H30N2O4/c1-16-13-25(24(29)27(16)20-12-23(28)31-14-20)7-10-26(11-8-25)9-6-19-4-5-21-18(3)30-15-22(21)17(19)2/h4-5,12,16H,3,6-11,13-15H2,1-2H3/t16-/m0/s1. The van der Waals surface area contributed by atoms with Gasteiger partial charge in [0.1, 0.15) is 19.0 Å². The first-order chi connectivity index (χ1) is 14.9. The predicted molar refractivity (Wildman–Crippen MR) is 117 cm³/mol. The number of ether oxygens (including phenoxy) is 2. The summed E-state index contributed by atoms with van der Waals surface area (Å²) in [5, 5.41) is 0. The molecule has 0 bridgehead atoms. The lowest BCUT2D eigenvalue weighted by Crippen LogP contribution is -2.45. The SMILES string of the molecule is C=C1OCc2c1ccc(CCN1CCC3(CC1)C[C@H](C)N(C1=CC(=O)OC1)C3=O)c2C. The van der Waals surface area contributed by atoms with Crippen molar-refractivity contribution in [3.05, 3.63) is 52.7 Å². The van der Waals surface area contributed by atoms with Crippen molar-refractivity contribution in [1.29, 1.82) is 0 Å². The maximum absolute atomic E-state index is 13.3.